The van der Waals surface area contributed by atoms with Crippen LogP contribution in [0.15, 0.2) is 0 Å². The third-order valence-corrected chi connectivity index (χ3v) is 4.43. The summed E-state index contributed by atoms with van der Waals surface area (Å²) in [4.78, 5) is 10.4. The van der Waals surface area contributed by atoms with Crippen LogP contribution in [-0.4, -0.2) is 16.9 Å². The lowest BCUT2D eigenvalue weighted by Gasteiger charge is -2.05. The van der Waals surface area contributed by atoms with Crippen molar-refractivity contribution in [2.24, 2.45) is 0 Å². The zero-order valence-corrected chi connectivity index (χ0v) is 10.2. The molecule has 11 heavy (non-hydrogen) atoms. The molecule has 0 aliphatic carbocycles. The third kappa shape index (κ3) is 11.1. The molecule has 1 nitrogen and oxygen atoms in total. The van der Waals surface area contributed by atoms with Crippen LogP contribution in [0.1, 0.15) is 13.3 Å². The monoisotopic (exact) mass is 250 g/mol. The summed E-state index contributed by atoms with van der Waals surface area (Å²) in [6, 6.07) is -1.80. The maximum Gasteiger partial charge on any atom is 0.341 e. The molecule has 0 radical (unpaired) electrons. The standard InChI is InChI=1S/C5H9Cl3OSSi/c1-5(9)10-3-2-4-11(6,7)8/h2-4H2,1H3. The highest BCUT2D eigenvalue weighted by atomic mass is 35.8. The highest BCUT2D eigenvalue weighted by molar-refractivity contribution is 8.13. The predicted octanol–water partition coefficient (Wildman–Crippen LogP) is 3.31. The van der Waals surface area contributed by atoms with Crippen molar-refractivity contribution in [2.45, 2.75) is 19.4 Å². The summed E-state index contributed by atoms with van der Waals surface area (Å²) in [6.45, 7) is 1.54. The van der Waals surface area contributed by atoms with E-state index in [9.17, 15) is 4.79 Å². The average molecular weight is 252 g/mol. The molecule has 0 fully saturated rings. The van der Waals surface area contributed by atoms with E-state index in [4.69, 9.17) is 33.2 Å². The van der Waals surface area contributed by atoms with E-state index in [1.165, 1.54) is 18.7 Å². The second kappa shape index (κ2) is 5.70. The van der Waals surface area contributed by atoms with Gasteiger partial charge in [0, 0.05) is 12.7 Å². The average Bonchev–Trinajstić information content (AvgIpc) is 1.78. The summed E-state index contributed by atoms with van der Waals surface area (Å²) in [7, 11) is 0. The second-order valence-corrected chi connectivity index (χ2v) is 12.6. The first-order chi connectivity index (χ1) is 4.92. The lowest BCUT2D eigenvalue weighted by Crippen LogP contribution is -2.08. The van der Waals surface area contributed by atoms with Crippen molar-refractivity contribution >= 4 is 56.1 Å². The minimum absolute atomic E-state index is 0.121. The summed E-state index contributed by atoms with van der Waals surface area (Å²) >= 11 is 18.2. The second-order valence-electron chi connectivity index (χ2n) is 2.06. The van der Waals surface area contributed by atoms with Crippen LogP contribution >= 0.6 is 45.0 Å². The number of halogens is 3. The maximum absolute atomic E-state index is 10.4. The van der Waals surface area contributed by atoms with Crippen molar-refractivity contribution in [3.63, 3.8) is 0 Å². The van der Waals surface area contributed by atoms with Gasteiger partial charge in [0.05, 0.1) is 0 Å². The van der Waals surface area contributed by atoms with Crippen molar-refractivity contribution in [3.05, 3.63) is 0 Å². The molecule has 0 amide bonds. The first kappa shape index (κ1) is 12.1. The van der Waals surface area contributed by atoms with Crippen LogP contribution < -0.4 is 0 Å². The Labute approximate surface area is 85.9 Å². The lowest BCUT2D eigenvalue weighted by molar-refractivity contribution is -0.109. The molecular weight excluding hydrogens is 243 g/mol. The van der Waals surface area contributed by atoms with E-state index in [1.807, 2.05) is 0 Å². The Bertz CT molecular complexity index is 136. The third-order valence-electron chi connectivity index (χ3n) is 0.910. The van der Waals surface area contributed by atoms with Crippen LogP contribution in [-0.2, 0) is 4.79 Å². The number of hydrogen-bond donors (Lipinski definition) is 0. The highest BCUT2D eigenvalue weighted by Gasteiger charge is 2.23. The molecule has 0 rings (SSSR count). The van der Waals surface area contributed by atoms with Gasteiger partial charge in [-0.05, 0) is 12.5 Å². The number of hydrogen-bond acceptors (Lipinski definition) is 2. The fraction of sp³-hybridized carbons (Fsp3) is 0.800. The molecule has 0 spiro atoms. The van der Waals surface area contributed by atoms with E-state index in [2.05, 4.69) is 0 Å². The molecule has 0 aromatic rings. The van der Waals surface area contributed by atoms with Crippen LogP contribution in [0.3, 0.4) is 0 Å². The summed E-state index contributed by atoms with van der Waals surface area (Å²) in [5, 5.41) is 0.121. The molecule has 6 heteroatoms. The first-order valence-corrected chi connectivity index (χ1v) is 9.35. The van der Waals surface area contributed by atoms with E-state index in [-0.39, 0.29) is 5.12 Å². The van der Waals surface area contributed by atoms with Crippen LogP contribution in [0, 0.1) is 0 Å². The summed E-state index contributed by atoms with van der Waals surface area (Å²) in [5.41, 5.74) is 0. The smallest absolute Gasteiger partial charge is 0.288 e. The van der Waals surface area contributed by atoms with E-state index in [0.717, 1.165) is 12.2 Å². The zero-order chi connectivity index (χ0) is 8.91. The van der Waals surface area contributed by atoms with Crippen LogP contribution in [0.4, 0.5) is 0 Å². The van der Waals surface area contributed by atoms with E-state index < -0.39 is 6.00 Å². The molecule has 66 valence electrons. The summed E-state index contributed by atoms with van der Waals surface area (Å²) in [6.07, 6.45) is 0.812. The summed E-state index contributed by atoms with van der Waals surface area (Å²) < 4.78 is 0. The van der Waals surface area contributed by atoms with Gasteiger partial charge in [0.2, 0.25) is 0 Å². The maximum atomic E-state index is 10.4. The minimum Gasteiger partial charge on any atom is -0.288 e. The number of carbonyl (C=O) groups excluding carboxylic acids is 1. The molecule has 0 saturated carbocycles. The largest absolute Gasteiger partial charge is 0.341 e. The van der Waals surface area contributed by atoms with Gasteiger partial charge in [0.15, 0.2) is 5.12 Å². The van der Waals surface area contributed by atoms with Crippen molar-refractivity contribution in [1.29, 1.82) is 0 Å². The SMILES string of the molecule is CC(=O)SCCC[Si](Cl)(Cl)Cl. The van der Waals surface area contributed by atoms with E-state index >= 15 is 0 Å². The Morgan fingerprint density at radius 1 is 1.45 bits per heavy atom. The van der Waals surface area contributed by atoms with Crippen molar-refractivity contribution in [3.8, 4) is 0 Å². The molecule has 0 aliphatic rings. The topological polar surface area (TPSA) is 17.1 Å². The van der Waals surface area contributed by atoms with Crippen molar-refractivity contribution in [1.82, 2.24) is 0 Å². The molecule has 0 N–H and O–H groups in total. The van der Waals surface area contributed by atoms with Gasteiger partial charge in [-0.1, -0.05) is 11.8 Å². The molecule has 0 aromatic heterocycles. The fourth-order valence-corrected chi connectivity index (χ4v) is 3.10. The molecule has 0 atom stereocenters. The van der Waals surface area contributed by atoms with Crippen LogP contribution in [0.25, 0.3) is 0 Å². The first-order valence-electron chi connectivity index (χ1n) is 3.12. The Morgan fingerprint density at radius 2 is 2.00 bits per heavy atom. The van der Waals surface area contributed by atoms with Gasteiger partial charge in [0.1, 0.15) is 0 Å². The number of carbonyl (C=O) groups is 1. The normalized spacial score (nSPS) is 11.6. The Hall–Kier alpha value is 1.11. The Kier molecular flexibility index (Phi) is 6.27. The molecular formula is C5H9Cl3OSSi. The molecule has 0 unspecified atom stereocenters. The van der Waals surface area contributed by atoms with Crippen LogP contribution in [0.2, 0.25) is 6.04 Å². The van der Waals surface area contributed by atoms with Crippen molar-refractivity contribution < 1.29 is 4.79 Å². The highest BCUT2D eigenvalue weighted by Crippen LogP contribution is 2.27. The zero-order valence-electron chi connectivity index (χ0n) is 6.07. The summed E-state index contributed by atoms with van der Waals surface area (Å²) in [5.74, 6) is 0.760. The van der Waals surface area contributed by atoms with Gasteiger partial charge in [0.25, 0.3) is 0 Å². The van der Waals surface area contributed by atoms with Gasteiger partial charge < -0.3 is 0 Å². The molecule has 0 saturated heterocycles. The minimum atomic E-state index is -2.44. The predicted molar refractivity (Wildman–Crippen MR) is 55.9 cm³/mol. The quantitative estimate of drug-likeness (QED) is 0.433. The van der Waals surface area contributed by atoms with Gasteiger partial charge in [-0.25, -0.2) is 0 Å². The van der Waals surface area contributed by atoms with E-state index in [0.29, 0.717) is 6.04 Å². The molecule has 0 aromatic carbocycles. The molecule has 0 aliphatic heterocycles. The molecule has 0 bridgehead atoms. The van der Waals surface area contributed by atoms with Gasteiger partial charge in [-0.15, -0.1) is 33.2 Å². The molecule has 0 heterocycles. The Balaban J connectivity index is 3.22. The number of thioether (sulfide) groups is 1. The van der Waals surface area contributed by atoms with Gasteiger partial charge in [-0.3, -0.25) is 4.79 Å². The van der Waals surface area contributed by atoms with Gasteiger partial charge in [-0.2, -0.15) is 0 Å². The van der Waals surface area contributed by atoms with Crippen molar-refractivity contribution in [2.75, 3.05) is 5.75 Å². The fourth-order valence-electron chi connectivity index (χ4n) is 0.489. The van der Waals surface area contributed by atoms with Crippen LogP contribution in [0.5, 0.6) is 0 Å². The number of rotatable bonds is 4. The lowest BCUT2D eigenvalue weighted by atomic mass is 10.6. The van der Waals surface area contributed by atoms with Gasteiger partial charge >= 0.3 is 6.00 Å². The Morgan fingerprint density at radius 3 is 2.36 bits per heavy atom. The van der Waals surface area contributed by atoms with E-state index in [1.54, 1.807) is 0 Å².